The van der Waals surface area contributed by atoms with Crippen LogP contribution in [0.5, 0.6) is 5.75 Å². The van der Waals surface area contributed by atoms with Crippen LogP contribution in [0.1, 0.15) is 22.6 Å². The first kappa shape index (κ1) is 20.3. The van der Waals surface area contributed by atoms with Gasteiger partial charge < -0.3 is 14.1 Å². The van der Waals surface area contributed by atoms with Gasteiger partial charge in [0.25, 0.3) is 0 Å². The normalized spacial score (nSPS) is 14.3. The first-order chi connectivity index (χ1) is 14.5. The van der Waals surface area contributed by atoms with E-state index in [1.54, 1.807) is 18.9 Å². The van der Waals surface area contributed by atoms with Gasteiger partial charge in [0.05, 0.1) is 18.6 Å². The van der Waals surface area contributed by atoms with Crippen LogP contribution in [0.2, 0.25) is 0 Å². The summed E-state index contributed by atoms with van der Waals surface area (Å²) in [7, 11) is 0.260. The van der Waals surface area contributed by atoms with Crippen LogP contribution >= 0.6 is 0 Å². The second kappa shape index (κ2) is 8.83. The van der Waals surface area contributed by atoms with Crippen LogP contribution in [0.15, 0.2) is 52.9 Å². The SMILES string of the molecule is COc1ccc(-c2nc(C[S@](=O)CC(=O)N3CCc4ccccc4C3)c(C)o2)cc1. The van der Waals surface area contributed by atoms with Crippen molar-refractivity contribution in [2.45, 2.75) is 25.6 Å². The molecule has 0 aliphatic carbocycles. The molecule has 1 amide bonds. The lowest BCUT2D eigenvalue weighted by Gasteiger charge is -2.28. The number of aryl methyl sites for hydroxylation is 1. The van der Waals surface area contributed by atoms with Crippen molar-refractivity contribution in [1.82, 2.24) is 9.88 Å². The van der Waals surface area contributed by atoms with Crippen LogP contribution in [-0.2, 0) is 34.3 Å². The number of methoxy groups -OCH3 is 1. The lowest BCUT2D eigenvalue weighted by atomic mass is 10.00. The van der Waals surface area contributed by atoms with Crippen molar-refractivity contribution in [2.24, 2.45) is 0 Å². The Kier molecular flexibility index (Phi) is 5.99. The van der Waals surface area contributed by atoms with Gasteiger partial charge in [-0.25, -0.2) is 4.98 Å². The van der Waals surface area contributed by atoms with Crippen molar-refractivity contribution < 1.29 is 18.2 Å². The van der Waals surface area contributed by atoms with Gasteiger partial charge in [0, 0.05) is 29.5 Å². The number of carbonyl (C=O) groups is 1. The molecular weight excluding hydrogens is 400 g/mol. The van der Waals surface area contributed by atoms with Gasteiger partial charge in [0.15, 0.2) is 0 Å². The molecular formula is C23H24N2O4S. The van der Waals surface area contributed by atoms with Gasteiger partial charge in [-0.2, -0.15) is 0 Å². The number of aromatic nitrogens is 1. The predicted molar refractivity (Wildman–Crippen MR) is 116 cm³/mol. The number of hydrogen-bond acceptors (Lipinski definition) is 5. The molecule has 0 spiro atoms. The summed E-state index contributed by atoms with van der Waals surface area (Å²) in [5, 5.41) is 0. The fourth-order valence-corrected chi connectivity index (χ4v) is 4.69. The fourth-order valence-electron chi connectivity index (χ4n) is 3.56. The van der Waals surface area contributed by atoms with E-state index < -0.39 is 10.8 Å². The van der Waals surface area contributed by atoms with Crippen LogP contribution in [0.3, 0.4) is 0 Å². The minimum absolute atomic E-state index is 0.00760. The van der Waals surface area contributed by atoms with Gasteiger partial charge in [0.1, 0.15) is 17.3 Å². The van der Waals surface area contributed by atoms with E-state index >= 15 is 0 Å². The van der Waals surface area contributed by atoms with Gasteiger partial charge in [-0.1, -0.05) is 24.3 Å². The van der Waals surface area contributed by atoms with E-state index in [0.717, 1.165) is 17.7 Å². The molecule has 1 aliphatic rings. The Morgan fingerprint density at radius 3 is 2.63 bits per heavy atom. The summed E-state index contributed by atoms with van der Waals surface area (Å²) in [6.07, 6.45) is 0.835. The second-order valence-electron chi connectivity index (χ2n) is 7.31. The molecule has 2 heterocycles. The molecule has 0 bridgehead atoms. The summed E-state index contributed by atoms with van der Waals surface area (Å²) in [6, 6.07) is 15.5. The largest absolute Gasteiger partial charge is 0.497 e. The highest BCUT2D eigenvalue weighted by atomic mass is 32.2. The maximum absolute atomic E-state index is 12.7. The number of rotatable bonds is 6. The molecule has 156 valence electrons. The zero-order chi connectivity index (χ0) is 21.1. The third-order valence-corrected chi connectivity index (χ3v) is 6.46. The first-order valence-electron chi connectivity index (χ1n) is 9.83. The molecule has 0 saturated heterocycles. The van der Waals surface area contributed by atoms with E-state index in [2.05, 4.69) is 11.1 Å². The number of oxazole rings is 1. The molecule has 0 unspecified atom stereocenters. The minimum Gasteiger partial charge on any atom is -0.497 e. The zero-order valence-electron chi connectivity index (χ0n) is 17.1. The van der Waals surface area contributed by atoms with Crippen LogP contribution in [0, 0.1) is 6.92 Å². The van der Waals surface area contributed by atoms with E-state index in [4.69, 9.17) is 9.15 Å². The smallest absolute Gasteiger partial charge is 0.235 e. The number of ether oxygens (including phenoxy) is 1. The maximum atomic E-state index is 12.7. The number of benzene rings is 2. The van der Waals surface area contributed by atoms with Gasteiger partial charge in [-0.15, -0.1) is 0 Å². The number of carbonyl (C=O) groups excluding carboxylic acids is 1. The highest BCUT2D eigenvalue weighted by Gasteiger charge is 2.23. The summed E-state index contributed by atoms with van der Waals surface area (Å²) in [6.45, 7) is 3.05. The van der Waals surface area contributed by atoms with Crippen molar-refractivity contribution in [2.75, 3.05) is 19.4 Å². The Labute approximate surface area is 178 Å². The molecule has 3 aromatic rings. The Hall–Kier alpha value is -2.93. The van der Waals surface area contributed by atoms with Crippen LogP contribution < -0.4 is 4.74 Å². The molecule has 1 atom stereocenters. The molecule has 0 N–H and O–H groups in total. The summed E-state index contributed by atoms with van der Waals surface area (Å²) < 4.78 is 23.6. The highest BCUT2D eigenvalue weighted by Crippen LogP contribution is 2.25. The molecule has 6 nitrogen and oxygen atoms in total. The lowest BCUT2D eigenvalue weighted by Crippen LogP contribution is -2.38. The van der Waals surface area contributed by atoms with Gasteiger partial charge >= 0.3 is 0 Å². The van der Waals surface area contributed by atoms with E-state index in [1.165, 1.54) is 11.1 Å². The number of fused-ring (bicyclic) bond motifs is 1. The zero-order valence-corrected chi connectivity index (χ0v) is 17.9. The fraction of sp³-hybridized carbons (Fsp3) is 0.304. The monoisotopic (exact) mass is 424 g/mol. The van der Waals surface area contributed by atoms with Gasteiger partial charge in [-0.3, -0.25) is 9.00 Å². The standard InChI is InChI=1S/C23H24N2O4S/c1-16-21(24-23(29-16)18-7-9-20(28-2)10-8-18)14-30(27)15-22(26)25-12-11-17-5-3-4-6-19(17)13-25/h3-10H,11-15H2,1-2H3/t30-/m0/s1. The molecule has 30 heavy (non-hydrogen) atoms. The van der Waals surface area contributed by atoms with Gasteiger partial charge in [0.2, 0.25) is 11.8 Å². The molecule has 0 saturated carbocycles. The Morgan fingerprint density at radius 1 is 1.17 bits per heavy atom. The third-order valence-electron chi connectivity index (χ3n) is 5.30. The van der Waals surface area contributed by atoms with E-state index in [9.17, 15) is 9.00 Å². The van der Waals surface area contributed by atoms with Crippen molar-refractivity contribution in [3.05, 3.63) is 71.1 Å². The average Bonchev–Trinajstić information content (AvgIpc) is 3.13. The van der Waals surface area contributed by atoms with E-state index in [-0.39, 0.29) is 17.4 Å². The molecule has 0 fully saturated rings. The maximum Gasteiger partial charge on any atom is 0.235 e. The summed E-state index contributed by atoms with van der Waals surface area (Å²) in [5.41, 5.74) is 3.89. The topological polar surface area (TPSA) is 72.6 Å². The average molecular weight is 425 g/mol. The summed E-state index contributed by atoms with van der Waals surface area (Å²) in [5.74, 6) is 1.95. The van der Waals surface area contributed by atoms with Crippen molar-refractivity contribution >= 4 is 16.7 Å². The molecule has 4 rings (SSSR count). The Morgan fingerprint density at radius 2 is 1.90 bits per heavy atom. The highest BCUT2D eigenvalue weighted by molar-refractivity contribution is 7.84. The third kappa shape index (κ3) is 4.46. The van der Waals surface area contributed by atoms with Crippen molar-refractivity contribution in [1.29, 1.82) is 0 Å². The number of hydrogen-bond donors (Lipinski definition) is 0. The van der Waals surface area contributed by atoms with Crippen LogP contribution in [0.25, 0.3) is 11.5 Å². The van der Waals surface area contributed by atoms with Crippen LogP contribution in [-0.4, -0.2) is 39.4 Å². The van der Waals surface area contributed by atoms with Crippen molar-refractivity contribution in [3.63, 3.8) is 0 Å². The summed E-state index contributed by atoms with van der Waals surface area (Å²) in [4.78, 5) is 18.9. The molecule has 1 aliphatic heterocycles. The number of amides is 1. The molecule has 0 radical (unpaired) electrons. The first-order valence-corrected chi connectivity index (χ1v) is 11.3. The Bertz CT molecular complexity index is 1080. The lowest BCUT2D eigenvalue weighted by molar-refractivity contribution is -0.129. The van der Waals surface area contributed by atoms with Crippen molar-refractivity contribution in [3.8, 4) is 17.2 Å². The predicted octanol–water partition coefficient (Wildman–Crippen LogP) is 3.49. The van der Waals surface area contributed by atoms with Gasteiger partial charge in [-0.05, 0) is 48.7 Å². The second-order valence-corrected chi connectivity index (χ2v) is 8.77. The number of nitrogens with zero attached hydrogens (tertiary/aromatic N) is 2. The van der Waals surface area contributed by atoms with E-state index in [0.29, 0.717) is 30.4 Å². The molecule has 2 aromatic carbocycles. The minimum atomic E-state index is -1.35. The van der Waals surface area contributed by atoms with Crippen LogP contribution in [0.4, 0.5) is 0 Å². The summed E-state index contributed by atoms with van der Waals surface area (Å²) >= 11 is 0. The molecule has 1 aromatic heterocycles. The Balaban J connectivity index is 1.38. The quantitative estimate of drug-likeness (QED) is 0.606. The van der Waals surface area contributed by atoms with E-state index in [1.807, 2.05) is 42.5 Å². The molecule has 7 heteroatoms.